The Balaban J connectivity index is 1.33. The van der Waals surface area contributed by atoms with Crippen molar-refractivity contribution in [1.82, 2.24) is 4.98 Å². The molecule has 1 saturated heterocycles. The van der Waals surface area contributed by atoms with E-state index in [0.717, 1.165) is 21.6 Å². The maximum atomic E-state index is 6.33. The lowest BCUT2D eigenvalue weighted by Gasteiger charge is -2.32. The highest BCUT2D eigenvalue weighted by Crippen LogP contribution is 2.50. The molecule has 0 spiro atoms. The van der Waals surface area contributed by atoms with Crippen LogP contribution in [0.25, 0.3) is 44.2 Å². The van der Waals surface area contributed by atoms with E-state index in [1.54, 1.807) is 11.8 Å². The van der Waals surface area contributed by atoms with Crippen LogP contribution in [-0.4, -0.2) is 23.3 Å². The molecule has 0 saturated carbocycles. The fourth-order valence-electron chi connectivity index (χ4n) is 5.43. The van der Waals surface area contributed by atoms with Crippen molar-refractivity contribution in [3.05, 3.63) is 97.2 Å². The second-order valence-electron chi connectivity index (χ2n) is 11.1. The number of nitrogens with zero attached hydrogens (tertiary/aromatic N) is 1. The zero-order valence-corrected chi connectivity index (χ0v) is 22.8. The van der Waals surface area contributed by atoms with Crippen LogP contribution >= 0.6 is 11.8 Å². The molecule has 1 fully saturated rings. The van der Waals surface area contributed by atoms with Crippen LogP contribution < -0.4 is 5.46 Å². The van der Waals surface area contributed by atoms with Crippen LogP contribution in [0.2, 0.25) is 0 Å². The van der Waals surface area contributed by atoms with E-state index < -0.39 is 0 Å². The van der Waals surface area contributed by atoms with Crippen molar-refractivity contribution in [3.8, 4) is 33.4 Å². The molecule has 186 valence electrons. The molecule has 0 aliphatic carbocycles. The van der Waals surface area contributed by atoms with Gasteiger partial charge in [-0.05, 0) is 79.0 Å². The first-order valence-electron chi connectivity index (χ1n) is 13.1. The molecule has 0 atom stereocenters. The van der Waals surface area contributed by atoms with Gasteiger partial charge in [0.1, 0.15) is 5.03 Å². The Labute approximate surface area is 228 Å². The molecule has 3 nitrogen and oxygen atoms in total. The van der Waals surface area contributed by atoms with Gasteiger partial charge in [0, 0.05) is 27.6 Å². The Bertz CT molecular complexity index is 1710. The van der Waals surface area contributed by atoms with Crippen molar-refractivity contribution in [3.63, 3.8) is 0 Å². The number of rotatable bonds is 3. The van der Waals surface area contributed by atoms with Crippen molar-refractivity contribution in [2.75, 3.05) is 0 Å². The van der Waals surface area contributed by atoms with E-state index in [2.05, 4.69) is 113 Å². The standard InChI is InChI=1S/C33H28BNO2S/c1-32(2)33(3,4)37-34(36-32)25-13-6-11-23(20-25)22-10-5-12-24(19-22)26-17-16-21-9-7-15-28-29(21)30(26)27-14-8-18-35-31(27)38-28/h5-20H,1-4H3. The first-order valence-corrected chi connectivity index (χ1v) is 13.9. The van der Waals surface area contributed by atoms with Gasteiger partial charge in [-0.2, -0.15) is 0 Å². The minimum Gasteiger partial charge on any atom is -0.399 e. The molecule has 7 rings (SSSR count). The van der Waals surface area contributed by atoms with E-state index in [9.17, 15) is 0 Å². The Kier molecular flexibility index (Phi) is 5.35. The molecule has 0 bridgehead atoms. The lowest BCUT2D eigenvalue weighted by Crippen LogP contribution is -2.41. The number of hydrogen-bond donors (Lipinski definition) is 0. The first-order chi connectivity index (χ1) is 18.3. The zero-order valence-electron chi connectivity index (χ0n) is 22.0. The van der Waals surface area contributed by atoms with Gasteiger partial charge >= 0.3 is 7.12 Å². The average Bonchev–Trinajstić information content (AvgIpc) is 3.15. The van der Waals surface area contributed by atoms with E-state index in [-0.39, 0.29) is 18.3 Å². The highest BCUT2D eigenvalue weighted by molar-refractivity contribution is 7.99. The maximum Gasteiger partial charge on any atom is 0.494 e. The predicted molar refractivity (Wildman–Crippen MR) is 158 cm³/mol. The van der Waals surface area contributed by atoms with Crippen molar-refractivity contribution in [2.24, 2.45) is 0 Å². The highest BCUT2D eigenvalue weighted by atomic mass is 32.2. The third-order valence-corrected chi connectivity index (χ3v) is 9.25. The Morgan fingerprint density at radius 2 is 1.39 bits per heavy atom. The maximum absolute atomic E-state index is 6.33. The minimum absolute atomic E-state index is 0.368. The van der Waals surface area contributed by atoms with Gasteiger partial charge in [0.05, 0.1) is 11.2 Å². The van der Waals surface area contributed by atoms with E-state index >= 15 is 0 Å². The summed E-state index contributed by atoms with van der Waals surface area (Å²) in [4.78, 5) is 5.97. The number of fused-ring (bicyclic) bond motifs is 2. The van der Waals surface area contributed by atoms with Gasteiger partial charge < -0.3 is 9.31 Å². The summed E-state index contributed by atoms with van der Waals surface area (Å²) in [5.74, 6) is 0. The van der Waals surface area contributed by atoms with Gasteiger partial charge in [0.15, 0.2) is 0 Å². The summed E-state index contributed by atoms with van der Waals surface area (Å²) in [7, 11) is -0.381. The number of hydrogen-bond acceptors (Lipinski definition) is 4. The van der Waals surface area contributed by atoms with Gasteiger partial charge in [-0.1, -0.05) is 84.6 Å². The Hall–Kier alpha value is -3.38. The molecular weight excluding hydrogens is 485 g/mol. The normalized spacial score (nSPS) is 17.0. The molecule has 38 heavy (non-hydrogen) atoms. The van der Waals surface area contributed by atoms with Crippen LogP contribution in [0.4, 0.5) is 0 Å². The molecule has 5 heteroatoms. The van der Waals surface area contributed by atoms with E-state index in [4.69, 9.17) is 14.3 Å². The second kappa shape index (κ2) is 8.57. The molecule has 2 aliphatic heterocycles. The number of aromatic nitrogens is 1. The topological polar surface area (TPSA) is 31.4 Å². The van der Waals surface area contributed by atoms with E-state index in [1.165, 1.54) is 37.9 Å². The summed E-state index contributed by atoms with van der Waals surface area (Å²) in [5.41, 5.74) is 7.49. The summed E-state index contributed by atoms with van der Waals surface area (Å²) < 4.78 is 12.7. The van der Waals surface area contributed by atoms with Crippen LogP contribution in [0.1, 0.15) is 27.7 Å². The van der Waals surface area contributed by atoms with Crippen LogP contribution in [0.5, 0.6) is 0 Å². The average molecular weight is 513 g/mol. The van der Waals surface area contributed by atoms with Crippen LogP contribution in [0.3, 0.4) is 0 Å². The van der Waals surface area contributed by atoms with Crippen molar-refractivity contribution in [2.45, 2.75) is 48.8 Å². The lowest BCUT2D eigenvalue weighted by atomic mass is 9.78. The Morgan fingerprint density at radius 3 is 2.21 bits per heavy atom. The first kappa shape index (κ1) is 23.7. The molecule has 0 unspecified atom stereocenters. The molecule has 0 N–H and O–H groups in total. The molecule has 0 amide bonds. The van der Waals surface area contributed by atoms with Crippen molar-refractivity contribution < 1.29 is 9.31 Å². The highest BCUT2D eigenvalue weighted by Gasteiger charge is 2.51. The summed E-state index contributed by atoms with van der Waals surface area (Å²) in [6.07, 6.45) is 1.88. The fraction of sp³-hybridized carbons (Fsp3) is 0.182. The molecule has 2 aliphatic rings. The predicted octanol–water partition coefficient (Wildman–Crippen LogP) is 8.00. The van der Waals surface area contributed by atoms with E-state index in [1.807, 2.05) is 12.3 Å². The summed E-state index contributed by atoms with van der Waals surface area (Å²) in [5, 5.41) is 3.63. The zero-order chi connectivity index (χ0) is 26.1. The molecule has 3 heterocycles. The summed E-state index contributed by atoms with van der Waals surface area (Å²) in [6, 6.07) is 32.6. The summed E-state index contributed by atoms with van der Waals surface area (Å²) >= 11 is 1.76. The van der Waals surface area contributed by atoms with Crippen molar-refractivity contribution in [1.29, 1.82) is 0 Å². The second-order valence-corrected chi connectivity index (χ2v) is 12.1. The third-order valence-electron chi connectivity index (χ3n) is 8.17. The van der Waals surface area contributed by atoms with Crippen LogP contribution in [0, 0.1) is 0 Å². The molecule has 5 aromatic rings. The third kappa shape index (κ3) is 3.72. The quantitative estimate of drug-likeness (QED) is 0.225. The lowest BCUT2D eigenvalue weighted by molar-refractivity contribution is 0.00578. The molecule has 1 aromatic heterocycles. The van der Waals surface area contributed by atoms with Gasteiger partial charge in [0.2, 0.25) is 0 Å². The van der Waals surface area contributed by atoms with Gasteiger partial charge in [-0.3, -0.25) is 0 Å². The smallest absolute Gasteiger partial charge is 0.399 e. The molecule has 4 aromatic carbocycles. The minimum atomic E-state index is -0.381. The summed E-state index contributed by atoms with van der Waals surface area (Å²) in [6.45, 7) is 8.36. The van der Waals surface area contributed by atoms with E-state index in [0.29, 0.717) is 0 Å². The van der Waals surface area contributed by atoms with Crippen LogP contribution in [0.15, 0.2) is 107 Å². The Morgan fingerprint density at radius 1 is 0.684 bits per heavy atom. The van der Waals surface area contributed by atoms with Gasteiger partial charge in [-0.15, -0.1) is 0 Å². The number of pyridine rings is 1. The molecular formula is C33H28BNO2S. The van der Waals surface area contributed by atoms with Crippen LogP contribution in [-0.2, 0) is 9.31 Å². The monoisotopic (exact) mass is 513 g/mol. The molecule has 0 radical (unpaired) electrons. The fourth-order valence-corrected chi connectivity index (χ4v) is 6.50. The SMILES string of the molecule is CC1(C)OB(c2cccc(-c3cccc(-c4ccc5cccc6c5c4-c4cccnc4S6)c3)c2)OC1(C)C. The number of benzene rings is 4. The van der Waals surface area contributed by atoms with Crippen molar-refractivity contribution >= 4 is 35.1 Å². The van der Waals surface area contributed by atoms with Gasteiger partial charge in [0.25, 0.3) is 0 Å². The largest absolute Gasteiger partial charge is 0.494 e. The van der Waals surface area contributed by atoms with Gasteiger partial charge in [-0.25, -0.2) is 4.98 Å².